The molecule has 8 nitrogen and oxygen atoms in total. The lowest BCUT2D eigenvalue weighted by Gasteiger charge is -2.21. The molecule has 1 aromatic rings. The molecule has 4 N–H and O–H groups in total. The molecule has 162 valence electrons. The maximum atomic E-state index is 12.6. The summed E-state index contributed by atoms with van der Waals surface area (Å²) in [5, 5.41) is 11.7. The van der Waals surface area contributed by atoms with Gasteiger partial charge in [-0.05, 0) is 37.0 Å². The number of nitrogens with zero attached hydrogens (tertiary/aromatic N) is 2. The van der Waals surface area contributed by atoms with E-state index >= 15 is 0 Å². The molecule has 10 heteroatoms. The second kappa shape index (κ2) is 10.6. The number of amides is 1. The first-order valence-corrected chi connectivity index (χ1v) is 11.3. The molecular weight excluding hydrogens is 505 g/mol. The molecule has 1 amide bonds. The molecule has 2 aliphatic rings. The summed E-state index contributed by atoms with van der Waals surface area (Å²) in [5.41, 5.74) is 0.916. The Morgan fingerprint density at radius 3 is 2.45 bits per heavy atom. The zero-order chi connectivity index (χ0) is 20.1. The molecule has 1 aromatic carbocycles. The van der Waals surface area contributed by atoms with Crippen molar-refractivity contribution < 1.29 is 13.2 Å². The van der Waals surface area contributed by atoms with Gasteiger partial charge in [0.1, 0.15) is 0 Å². The maximum Gasteiger partial charge on any atom is 0.238 e. The van der Waals surface area contributed by atoms with Gasteiger partial charge < -0.3 is 15.5 Å². The molecule has 1 unspecified atom stereocenters. The molecule has 0 bridgehead atoms. The van der Waals surface area contributed by atoms with Gasteiger partial charge in [-0.2, -0.15) is 0 Å². The summed E-state index contributed by atoms with van der Waals surface area (Å²) in [6, 6.07) is 6.61. The molecule has 0 aromatic heterocycles. The fourth-order valence-corrected chi connectivity index (χ4v) is 4.40. The van der Waals surface area contributed by atoms with Crippen LogP contribution < -0.4 is 15.8 Å². The van der Waals surface area contributed by atoms with Crippen LogP contribution in [0.4, 0.5) is 0 Å². The van der Waals surface area contributed by atoms with E-state index in [1.54, 1.807) is 19.2 Å². The van der Waals surface area contributed by atoms with Crippen molar-refractivity contribution in [3.8, 4) is 0 Å². The smallest absolute Gasteiger partial charge is 0.238 e. The van der Waals surface area contributed by atoms with Crippen LogP contribution in [0.3, 0.4) is 0 Å². The number of hydrogen-bond donors (Lipinski definition) is 3. The fourth-order valence-electron chi connectivity index (χ4n) is 3.88. The van der Waals surface area contributed by atoms with E-state index in [0.29, 0.717) is 25.0 Å². The average Bonchev–Trinajstić information content (AvgIpc) is 3.36. The molecule has 0 radical (unpaired) electrons. The monoisotopic (exact) mass is 535 g/mol. The van der Waals surface area contributed by atoms with E-state index in [1.807, 2.05) is 4.90 Å². The van der Waals surface area contributed by atoms with Gasteiger partial charge in [0.05, 0.1) is 4.90 Å². The Morgan fingerprint density at radius 2 is 1.86 bits per heavy atom. The third kappa shape index (κ3) is 6.54. The summed E-state index contributed by atoms with van der Waals surface area (Å²) < 4.78 is 22.6. The Morgan fingerprint density at radius 1 is 1.21 bits per heavy atom. The highest BCUT2D eigenvalue weighted by Crippen LogP contribution is 2.27. The van der Waals surface area contributed by atoms with E-state index in [1.165, 1.54) is 25.0 Å². The number of sulfonamides is 1. The van der Waals surface area contributed by atoms with Gasteiger partial charge in [-0.25, -0.2) is 13.6 Å². The predicted octanol–water partition coefficient (Wildman–Crippen LogP) is 1.41. The molecule has 1 atom stereocenters. The van der Waals surface area contributed by atoms with Crippen LogP contribution in [0.2, 0.25) is 0 Å². The number of benzene rings is 1. The summed E-state index contributed by atoms with van der Waals surface area (Å²) in [6.07, 6.45) is 5.30. The molecule has 1 aliphatic carbocycles. The van der Waals surface area contributed by atoms with Gasteiger partial charge in [0.2, 0.25) is 15.9 Å². The number of hydrogen-bond acceptors (Lipinski definition) is 4. The van der Waals surface area contributed by atoms with Gasteiger partial charge in [0.15, 0.2) is 5.96 Å². The van der Waals surface area contributed by atoms with Crippen LogP contribution in [0.5, 0.6) is 0 Å². The van der Waals surface area contributed by atoms with Gasteiger partial charge in [-0.15, -0.1) is 24.0 Å². The van der Waals surface area contributed by atoms with E-state index < -0.39 is 10.0 Å². The van der Waals surface area contributed by atoms with Crippen LogP contribution in [0.1, 0.15) is 37.7 Å². The Kier molecular flexibility index (Phi) is 8.71. The molecule has 1 saturated heterocycles. The van der Waals surface area contributed by atoms with Crippen LogP contribution in [-0.4, -0.2) is 51.4 Å². The molecule has 1 saturated carbocycles. The highest BCUT2D eigenvalue weighted by Gasteiger charge is 2.32. The Hall–Kier alpha value is -1.40. The molecule has 0 spiro atoms. The van der Waals surface area contributed by atoms with Crippen molar-refractivity contribution in [2.45, 2.75) is 49.6 Å². The van der Waals surface area contributed by atoms with Crippen LogP contribution in [-0.2, 0) is 21.4 Å². The van der Waals surface area contributed by atoms with Gasteiger partial charge in [0, 0.05) is 38.6 Å². The standard InChI is InChI=1S/C19H29N5O3S.HI/c1-21-19(22-12-14-6-8-17(9-7-14)28(20,26)27)23-16-10-11-24(13-16)18(25)15-4-2-3-5-15;/h6-9,15-16H,2-5,10-13H2,1H3,(H2,20,26,27)(H2,21,22,23);1H. The molecule has 1 heterocycles. The van der Waals surface area contributed by atoms with Crippen molar-refractivity contribution >= 4 is 45.9 Å². The van der Waals surface area contributed by atoms with E-state index in [9.17, 15) is 13.2 Å². The summed E-state index contributed by atoms with van der Waals surface area (Å²) in [5.74, 6) is 1.19. The van der Waals surface area contributed by atoms with Gasteiger partial charge in [-0.3, -0.25) is 9.79 Å². The first-order valence-electron chi connectivity index (χ1n) is 9.74. The highest BCUT2D eigenvalue weighted by molar-refractivity contribution is 14.0. The first kappa shape index (κ1) is 23.9. The Labute approximate surface area is 189 Å². The minimum atomic E-state index is -3.68. The topological polar surface area (TPSA) is 117 Å². The zero-order valence-corrected chi connectivity index (χ0v) is 19.8. The number of guanidine groups is 1. The molecule has 2 fully saturated rings. The average molecular weight is 535 g/mol. The van der Waals surface area contributed by atoms with E-state index in [0.717, 1.165) is 31.4 Å². The van der Waals surface area contributed by atoms with Crippen LogP contribution >= 0.6 is 24.0 Å². The van der Waals surface area contributed by atoms with Crippen LogP contribution in [0.25, 0.3) is 0 Å². The number of likely N-dealkylation sites (tertiary alicyclic amines) is 1. The summed E-state index contributed by atoms with van der Waals surface area (Å²) in [4.78, 5) is 18.9. The number of carbonyl (C=O) groups excluding carboxylic acids is 1. The number of aliphatic imine (C=N–C) groups is 1. The van der Waals surface area contributed by atoms with Crippen molar-refractivity contribution in [2.75, 3.05) is 20.1 Å². The second-order valence-electron chi connectivity index (χ2n) is 7.51. The number of rotatable bonds is 5. The maximum absolute atomic E-state index is 12.6. The number of primary sulfonamides is 1. The Bertz CT molecular complexity index is 823. The number of carbonyl (C=O) groups is 1. The van der Waals surface area contributed by atoms with Crippen molar-refractivity contribution in [2.24, 2.45) is 16.0 Å². The third-order valence-corrected chi connectivity index (χ3v) is 6.41. The van der Waals surface area contributed by atoms with Gasteiger partial charge >= 0.3 is 0 Å². The normalized spacial score (nSPS) is 20.4. The molecule has 3 rings (SSSR count). The largest absolute Gasteiger partial charge is 0.352 e. The fraction of sp³-hybridized carbons (Fsp3) is 0.579. The lowest BCUT2D eigenvalue weighted by atomic mass is 10.1. The number of nitrogens with two attached hydrogens (primary N) is 1. The third-order valence-electron chi connectivity index (χ3n) is 5.48. The van der Waals surface area contributed by atoms with Crippen LogP contribution in [0, 0.1) is 5.92 Å². The zero-order valence-electron chi connectivity index (χ0n) is 16.6. The van der Waals surface area contributed by atoms with E-state index in [2.05, 4.69) is 15.6 Å². The molecular formula is C19H30IN5O3S. The molecule has 29 heavy (non-hydrogen) atoms. The highest BCUT2D eigenvalue weighted by atomic mass is 127. The van der Waals surface area contributed by atoms with Crippen molar-refractivity contribution in [1.29, 1.82) is 0 Å². The SMILES string of the molecule is CN=C(NCc1ccc(S(N)(=O)=O)cc1)NC1CCN(C(=O)C2CCCC2)C1.I. The minimum Gasteiger partial charge on any atom is -0.352 e. The molecule has 1 aliphatic heterocycles. The predicted molar refractivity (Wildman–Crippen MR) is 124 cm³/mol. The van der Waals surface area contributed by atoms with Gasteiger partial charge in [0.25, 0.3) is 0 Å². The van der Waals surface area contributed by atoms with Crippen molar-refractivity contribution in [3.63, 3.8) is 0 Å². The van der Waals surface area contributed by atoms with Crippen molar-refractivity contribution in [1.82, 2.24) is 15.5 Å². The van der Waals surface area contributed by atoms with Crippen molar-refractivity contribution in [3.05, 3.63) is 29.8 Å². The number of nitrogens with one attached hydrogen (secondary N) is 2. The summed E-state index contributed by atoms with van der Waals surface area (Å²) in [7, 11) is -1.97. The lowest BCUT2D eigenvalue weighted by Crippen LogP contribution is -2.45. The summed E-state index contributed by atoms with van der Waals surface area (Å²) in [6.45, 7) is 2.00. The second-order valence-corrected chi connectivity index (χ2v) is 9.07. The van der Waals surface area contributed by atoms with E-state index in [-0.39, 0.29) is 40.8 Å². The van der Waals surface area contributed by atoms with Crippen LogP contribution in [0.15, 0.2) is 34.2 Å². The Balaban J connectivity index is 0.00000300. The summed E-state index contributed by atoms with van der Waals surface area (Å²) >= 11 is 0. The first-order chi connectivity index (χ1) is 13.4. The number of halogens is 1. The van der Waals surface area contributed by atoms with Gasteiger partial charge in [-0.1, -0.05) is 25.0 Å². The quantitative estimate of drug-likeness (QED) is 0.300. The van der Waals surface area contributed by atoms with E-state index in [4.69, 9.17) is 5.14 Å². The minimum absolute atomic E-state index is 0. The lowest BCUT2D eigenvalue weighted by molar-refractivity contribution is -0.134.